The summed E-state index contributed by atoms with van der Waals surface area (Å²) in [6, 6.07) is 11.9. The number of ether oxygens (including phenoxy) is 2. The van der Waals surface area contributed by atoms with Crippen LogP contribution in [0.25, 0.3) is 11.0 Å². The van der Waals surface area contributed by atoms with Crippen LogP contribution in [0.15, 0.2) is 46.9 Å². The molecule has 0 bridgehead atoms. The number of esters is 1. The second-order valence-electron chi connectivity index (χ2n) is 5.97. The largest absolute Gasteiger partial charge is 0.497 e. The van der Waals surface area contributed by atoms with Crippen LogP contribution in [0.3, 0.4) is 0 Å². The van der Waals surface area contributed by atoms with Gasteiger partial charge in [-0.25, -0.2) is 4.79 Å². The molecule has 140 valence electrons. The lowest BCUT2D eigenvalue weighted by Gasteiger charge is -2.13. The molecule has 0 fully saturated rings. The van der Waals surface area contributed by atoms with Crippen LogP contribution in [0.4, 0.5) is 5.69 Å². The number of carbonyl (C=O) groups is 2. The van der Waals surface area contributed by atoms with Gasteiger partial charge in [-0.3, -0.25) is 4.79 Å². The molecule has 7 heteroatoms. The predicted molar refractivity (Wildman–Crippen MR) is 102 cm³/mol. The first-order valence-electron chi connectivity index (χ1n) is 8.23. The monoisotopic (exact) mass is 387 g/mol. The summed E-state index contributed by atoms with van der Waals surface area (Å²) in [7, 11) is 1.56. The zero-order chi connectivity index (χ0) is 19.6. The third kappa shape index (κ3) is 4.06. The molecule has 3 aromatic rings. The minimum absolute atomic E-state index is 0.0562. The predicted octanol–water partition coefficient (Wildman–Crippen LogP) is 4.59. The highest BCUT2D eigenvalue weighted by Crippen LogP contribution is 2.29. The molecular weight excluding hydrogens is 370 g/mol. The Morgan fingerprint density at radius 3 is 2.67 bits per heavy atom. The van der Waals surface area contributed by atoms with E-state index in [1.807, 2.05) is 0 Å². The second kappa shape index (κ2) is 7.72. The van der Waals surface area contributed by atoms with Gasteiger partial charge in [0.15, 0.2) is 6.10 Å². The molecular formula is C20H18ClNO5. The maximum Gasteiger partial charge on any atom is 0.375 e. The number of anilines is 1. The minimum Gasteiger partial charge on any atom is -0.497 e. The van der Waals surface area contributed by atoms with Crippen molar-refractivity contribution in [2.24, 2.45) is 0 Å². The molecule has 0 spiro atoms. The summed E-state index contributed by atoms with van der Waals surface area (Å²) < 4.78 is 16.0. The van der Waals surface area contributed by atoms with Crippen molar-refractivity contribution in [3.8, 4) is 5.75 Å². The zero-order valence-electron chi connectivity index (χ0n) is 15.0. The fourth-order valence-corrected chi connectivity index (χ4v) is 2.79. The first-order valence-corrected chi connectivity index (χ1v) is 8.61. The van der Waals surface area contributed by atoms with Crippen LogP contribution in [0.5, 0.6) is 5.75 Å². The Balaban J connectivity index is 1.73. The molecule has 6 nitrogen and oxygen atoms in total. The number of hydrogen-bond donors (Lipinski definition) is 1. The number of amides is 1. The van der Waals surface area contributed by atoms with Gasteiger partial charge in [0.2, 0.25) is 5.76 Å². The number of hydrogen-bond acceptors (Lipinski definition) is 5. The van der Waals surface area contributed by atoms with Gasteiger partial charge in [-0.05, 0) is 50.2 Å². The maximum atomic E-state index is 12.5. The SMILES string of the molecule is COc1ccc2oc(C(=O)O[C@@H](C)C(=O)Nc3cccc(Cl)c3)c(C)c2c1. The van der Waals surface area contributed by atoms with Gasteiger partial charge < -0.3 is 19.2 Å². The van der Waals surface area contributed by atoms with E-state index >= 15 is 0 Å². The van der Waals surface area contributed by atoms with Gasteiger partial charge in [0.25, 0.3) is 5.91 Å². The van der Waals surface area contributed by atoms with E-state index in [2.05, 4.69) is 5.32 Å². The molecule has 0 radical (unpaired) electrons. The van der Waals surface area contributed by atoms with E-state index in [0.29, 0.717) is 27.6 Å². The van der Waals surface area contributed by atoms with Gasteiger partial charge in [-0.15, -0.1) is 0 Å². The number of benzene rings is 2. The van der Waals surface area contributed by atoms with E-state index in [4.69, 9.17) is 25.5 Å². The number of halogens is 1. The van der Waals surface area contributed by atoms with Gasteiger partial charge in [0.1, 0.15) is 11.3 Å². The van der Waals surface area contributed by atoms with Gasteiger partial charge in [0, 0.05) is 21.7 Å². The number of fused-ring (bicyclic) bond motifs is 1. The first kappa shape index (κ1) is 18.8. The molecule has 1 amide bonds. The number of nitrogens with one attached hydrogen (secondary N) is 1. The quantitative estimate of drug-likeness (QED) is 0.648. The molecule has 3 rings (SSSR count). The van der Waals surface area contributed by atoms with E-state index in [1.165, 1.54) is 6.92 Å². The van der Waals surface area contributed by atoms with Crippen LogP contribution >= 0.6 is 11.6 Å². The van der Waals surface area contributed by atoms with Gasteiger partial charge >= 0.3 is 5.97 Å². The smallest absolute Gasteiger partial charge is 0.375 e. The summed E-state index contributed by atoms with van der Waals surface area (Å²) in [4.78, 5) is 24.7. The lowest BCUT2D eigenvalue weighted by atomic mass is 10.1. The van der Waals surface area contributed by atoms with Crippen molar-refractivity contribution in [1.29, 1.82) is 0 Å². The van der Waals surface area contributed by atoms with Gasteiger partial charge in [0.05, 0.1) is 7.11 Å². The van der Waals surface area contributed by atoms with Crippen LogP contribution < -0.4 is 10.1 Å². The van der Waals surface area contributed by atoms with Crippen molar-refractivity contribution in [2.45, 2.75) is 20.0 Å². The Morgan fingerprint density at radius 2 is 1.96 bits per heavy atom. The second-order valence-corrected chi connectivity index (χ2v) is 6.40. The van der Waals surface area contributed by atoms with E-state index in [0.717, 1.165) is 5.39 Å². The lowest BCUT2D eigenvalue weighted by Crippen LogP contribution is -2.30. The summed E-state index contributed by atoms with van der Waals surface area (Å²) in [6.45, 7) is 3.23. The minimum atomic E-state index is -1.02. The molecule has 0 aliphatic carbocycles. The van der Waals surface area contributed by atoms with E-state index in [-0.39, 0.29) is 5.76 Å². The van der Waals surface area contributed by atoms with E-state index in [1.54, 1.807) is 56.5 Å². The average molecular weight is 388 g/mol. The van der Waals surface area contributed by atoms with E-state index in [9.17, 15) is 9.59 Å². The molecule has 2 aromatic carbocycles. The topological polar surface area (TPSA) is 77.8 Å². The Bertz CT molecular complexity index is 1010. The molecule has 0 aliphatic rings. The van der Waals surface area contributed by atoms with Crippen molar-refractivity contribution in [3.63, 3.8) is 0 Å². The van der Waals surface area contributed by atoms with Crippen LogP contribution in [0.2, 0.25) is 5.02 Å². The highest BCUT2D eigenvalue weighted by atomic mass is 35.5. The molecule has 1 heterocycles. The highest BCUT2D eigenvalue weighted by molar-refractivity contribution is 6.30. The normalized spacial score (nSPS) is 11.9. The fraction of sp³-hybridized carbons (Fsp3) is 0.200. The zero-order valence-corrected chi connectivity index (χ0v) is 15.8. The number of rotatable bonds is 5. The van der Waals surface area contributed by atoms with Crippen molar-refractivity contribution in [3.05, 3.63) is 58.8 Å². The first-order chi connectivity index (χ1) is 12.9. The number of furan rings is 1. The van der Waals surface area contributed by atoms with Crippen molar-refractivity contribution >= 4 is 40.1 Å². The third-order valence-electron chi connectivity index (χ3n) is 4.07. The number of aryl methyl sites for hydroxylation is 1. The Kier molecular flexibility index (Phi) is 5.37. The summed E-state index contributed by atoms with van der Waals surface area (Å²) in [6.07, 6.45) is -1.02. The summed E-state index contributed by atoms with van der Waals surface area (Å²) >= 11 is 5.89. The number of carbonyl (C=O) groups excluding carboxylic acids is 2. The van der Waals surface area contributed by atoms with Gasteiger partial charge in [-0.2, -0.15) is 0 Å². The summed E-state index contributed by atoms with van der Waals surface area (Å²) in [5, 5.41) is 3.89. The molecule has 1 N–H and O–H groups in total. The lowest BCUT2D eigenvalue weighted by molar-refractivity contribution is -0.123. The molecule has 1 atom stereocenters. The molecule has 1 aromatic heterocycles. The Morgan fingerprint density at radius 1 is 1.19 bits per heavy atom. The van der Waals surface area contributed by atoms with Crippen molar-refractivity contribution < 1.29 is 23.5 Å². The third-order valence-corrected chi connectivity index (χ3v) is 4.31. The molecule has 0 aliphatic heterocycles. The number of methoxy groups -OCH3 is 1. The molecule has 0 unspecified atom stereocenters. The van der Waals surface area contributed by atoms with Crippen LogP contribution in [0, 0.1) is 6.92 Å². The summed E-state index contributed by atoms with van der Waals surface area (Å²) in [5.41, 5.74) is 1.68. The summed E-state index contributed by atoms with van der Waals surface area (Å²) in [5.74, 6) is -0.473. The van der Waals surface area contributed by atoms with Crippen LogP contribution in [-0.2, 0) is 9.53 Å². The molecule has 0 saturated carbocycles. The van der Waals surface area contributed by atoms with Gasteiger partial charge in [-0.1, -0.05) is 17.7 Å². The Labute approximate surface area is 161 Å². The molecule has 0 saturated heterocycles. The standard InChI is InChI=1S/C20H18ClNO5/c1-11-16-10-15(25-3)7-8-17(16)27-18(11)20(24)26-12(2)19(23)22-14-6-4-5-13(21)9-14/h4-10,12H,1-3H3,(H,22,23)/t12-/m0/s1. The Hall–Kier alpha value is -2.99. The molecule has 27 heavy (non-hydrogen) atoms. The van der Waals surface area contributed by atoms with Crippen LogP contribution in [-0.4, -0.2) is 25.1 Å². The van der Waals surface area contributed by atoms with Crippen molar-refractivity contribution in [1.82, 2.24) is 0 Å². The highest BCUT2D eigenvalue weighted by Gasteiger charge is 2.24. The van der Waals surface area contributed by atoms with E-state index < -0.39 is 18.0 Å². The average Bonchev–Trinajstić information content (AvgIpc) is 2.98. The van der Waals surface area contributed by atoms with Crippen molar-refractivity contribution in [2.75, 3.05) is 12.4 Å². The fourth-order valence-electron chi connectivity index (χ4n) is 2.60. The van der Waals surface area contributed by atoms with Crippen LogP contribution in [0.1, 0.15) is 23.0 Å². The maximum absolute atomic E-state index is 12.5.